The maximum Gasteiger partial charge on any atom is 0.338 e. The quantitative estimate of drug-likeness (QED) is 0.541. The van der Waals surface area contributed by atoms with E-state index in [4.69, 9.17) is 33.4 Å². The van der Waals surface area contributed by atoms with Gasteiger partial charge in [-0.3, -0.25) is 0 Å². The molecule has 8 heteroatoms. The van der Waals surface area contributed by atoms with Crippen LogP contribution in [-0.2, 0) is 20.4 Å². The molecule has 2 N–H and O–H groups in total. The zero-order chi connectivity index (χ0) is 16.0. The first-order valence-corrected chi connectivity index (χ1v) is 6.93. The van der Waals surface area contributed by atoms with Gasteiger partial charge in [-0.05, 0) is 17.4 Å². The Balaban J connectivity index is 0.000000465. The van der Waals surface area contributed by atoms with Crippen molar-refractivity contribution in [3.63, 3.8) is 0 Å². The number of carboxylic acids is 2. The summed E-state index contributed by atoms with van der Waals surface area (Å²) in [7, 11) is 2.63. The van der Waals surface area contributed by atoms with Crippen LogP contribution in [0.25, 0.3) is 0 Å². The van der Waals surface area contributed by atoms with E-state index in [1.165, 1.54) is 11.4 Å². The smallest absolute Gasteiger partial charge is 0.338 e. The van der Waals surface area contributed by atoms with Crippen molar-refractivity contribution in [1.82, 2.24) is 0 Å². The summed E-state index contributed by atoms with van der Waals surface area (Å²) in [6, 6.07) is 12.5. The Labute approximate surface area is 153 Å². The zero-order valence-corrected chi connectivity index (χ0v) is 15.1. The van der Waals surface area contributed by atoms with E-state index in [1.54, 1.807) is 0 Å². The van der Waals surface area contributed by atoms with E-state index < -0.39 is 17.5 Å². The van der Waals surface area contributed by atoms with Gasteiger partial charge in [-0.1, -0.05) is 53.5 Å². The predicted molar refractivity (Wildman–Crippen MR) is 86.2 cm³/mol. The maximum absolute atomic E-state index is 10.7. The molecule has 1 unspecified atom stereocenters. The number of hydrogen-bond acceptors (Lipinski definition) is 2. The molecule has 0 aliphatic rings. The molecular formula is C14H11Cl2O4PPd. The molecule has 120 valence electrons. The molecule has 2 aromatic carbocycles. The average Bonchev–Trinajstić information content (AvgIpc) is 2.42. The third-order valence-corrected chi connectivity index (χ3v) is 3.53. The summed E-state index contributed by atoms with van der Waals surface area (Å²) >= 11 is 11.1. The van der Waals surface area contributed by atoms with Gasteiger partial charge in [0.15, 0.2) is 0 Å². The molecule has 22 heavy (non-hydrogen) atoms. The number of carboxylic acid groups (broad SMARTS) is 2. The fraction of sp³-hybridized carbons (Fsp3) is 0. The number of rotatable bonds is 2. The van der Waals surface area contributed by atoms with Crippen molar-refractivity contribution in [2.75, 3.05) is 0 Å². The molecule has 0 amide bonds. The number of hydrogen-bond donors (Lipinski definition) is 2. The number of benzene rings is 2. The third kappa shape index (κ3) is 6.04. The summed E-state index contributed by atoms with van der Waals surface area (Å²) in [6.07, 6.45) is 0. The number of aromatic carboxylic acids is 2. The van der Waals surface area contributed by atoms with E-state index in [1.807, 2.05) is 30.3 Å². The van der Waals surface area contributed by atoms with Crippen LogP contribution in [0.1, 0.15) is 20.7 Å². The monoisotopic (exact) mass is 450 g/mol. The predicted octanol–water partition coefficient (Wildman–Crippen LogP) is 3.57. The largest absolute Gasteiger partial charge is 0.478 e. The summed E-state index contributed by atoms with van der Waals surface area (Å²) in [5, 5.41) is 18.4. The average molecular weight is 452 g/mol. The minimum absolute atomic E-state index is 0. The Bertz CT molecular complexity index is 665. The molecule has 0 heterocycles. The van der Waals surface area contributed by atoms with Crippen LogP contribution in [-0.4, -0.2) is 22.2 Å². The molecular weight excluding hydrogens is 440 g/mol. The van der Waals surface area contributed by atoms with Gasteiger partial charge in [-0.25, -0.2) is 9.59 Å². The van der Waals surface area contributed by atoms with Gasteiger partial charge >= 0.3 is 11.9 Å². The first-order valence-electron chi connectivity index (χ1n) is 5.59. The van der Waals surface area contributed by atoms with Crippen molar-refractivity contribution in [2.45, 2.75) is 0 Å². The molecule has 1 atom stereocenters. The molecule has 4 nitrogen and oxygen atoms in total. The van der Waals surface area contributed by atoms with Crippen LogP contribution in [0.5, 0.6) is 0 Å². The molecule has 0 aliphatic heterocycles. The van der Waals surface area contributed by atoms with E-state index in [0.717, 1.165) is 6.07 Å². The summed E-state index contributed by atoms with van der Waals surface area (Å²) in [5.41, 5.74) is -0.876. The maximum atomic E-state index is 10.7. The minimum atomic E-state index is -1.42. The molecule has 0 radical (unpaired) electrons. The van der Waals surface area contributed by atoms with Gasteiger partial charge in [0, 0.05) is 20.4 Å². The topological polar surface area (TPSA) is 74.6 Å². The van der Waals surface area contributed by atoms with Crippen LogP contribution in [0.3, 0.4) is 0 Å². The van der Waals surface area contributed by atoms with E-state index in [0.29, 0.717) is 0 Å². The Kier molecular flexibility index (Phi) is 9.52. The van der Waals surface area contributed by atoms with E-state index in [-0.39, 0.29) is 36.0 Å². The van der Waals surface area contributed by atoms with Crippen LogP contribution in [0.4, 0.5) is 0 Å². The Morgan fingerprint density at radius 3 is 1.82 bits per heavy atom. The number of halogens is 2. The zero-order valence-electron chi connectivity index (χ0n) is 10.9. The van der Waals surface area contributed by atoms with Crippen molar-refractivity contribution in [3.8, 4) is 0 Å². The second-order valence-corrected chi connectivity index (χ2v) is 5.26. The molecule has 2 aromatic rings. The van der Waals surface area contributed by atoms with Gasteiger partial charge in [0.25, 0.3) is 0 Å². The summed E-state index contributed by atoms with van der Waals surface area (Å²) in [5.74, 6) is -2.78. The molecule has 0 spiro atoms. The van der Waals surface area contributed by atoms with Gasteiger partial charge in [-0.15, -0.1) is 9.24 Å². The minimum Gasteiger partial charge on any atom is -0.478 e. The number of carbonyl (C=O) groups is 2. The van der Waals surface area contributed by atoms with Crippen molar-refractivity contribution in [3.05, 3.63) is 63.6 Å². The molecule has 0 fully saturated rings. The van der Waals surface area contributed by atoms with Gasteiger partial charge in [0.1, 0.15) is 0 Å². The van der Waals surface area contributed by atoms with E-state index in [2.05, 4.69) is 9.24 Å². The summed E-state index contributed by atoms with van der Waals surface area (Å²) in [6.45, 7) is 0. The fourth-order valence-electron chi connectivity index (χ4n) is 1.39. The van der Waals surface area contributed by atoms with Crippen molar-refractivity contribution in [1.29, 1.82) is 0 Å². The first kappa shape index (κ1) is 21.1. The van der Waals surface area contributed by atoms with Crippen LogP contribution in [0, 0.1) is 0 Å². The van der Waals surface area contributed by atoms with E-state index >= 15 is 0 Å². The molecule has 0 aliphatic carbocycles. The second-order valence-electron chi connectivity index (χ2n) is 3.80. The van der Waals surface area contributed by atoms with Crippen LogP contribution < -0.4 is 5.30 Å². The van der Waals surface area contributed by atoms with Gasteiger partial charge in [-0.2, -0.15) is 0 Å². The van der Waals surface area contributed by atoms with E-state index in [9.17, 15) is 9.59 Å². The third-order valence-electron chi connectivity index (χ3n) is 2.34. The van der Waals surface area contributed by atoms with Crippen molar-refractivity contribution in [2.24, 2.45) is 0 Å². The molecule has 0 aromatic heterocycles. The van der Waals surface area contributed by atoms with Gasteiger partial charge < -0.3 is 10.2 Å². The van der Waals surface area contributed by atoms with Crippen LogP contribution in [0.2, 0.25) is 10.0 Å². The Hall–Kier alpha value is -0.948. The fourth-order valence-corrected chi connectivity index (χ4v) is 2.02. The van der Waals surface area contributed by atoms with Crippen LogP contribution in [0.15, 0.2) is 42.5 Å². The normalized spacial score (nSPS) is 9.05. The second kappa shape index (κ2) is 9.95. The van der Waals surface area contributed by atoms with Gasteiger partial charge in [0.2, 0.25) is 0 Å². The SMILES string of the molecule is O=C(O)c1ccc(Cl)c(Cl)c1C(=O)O.Pc1ccccc1.[Pd]. The van der Waals surface area contributed by atoms with Gasteiger partial charge in [0.05, 0.1) is 21.2 Å². The van der Waals surface area contributed by atoms with Crippen molar-refractivity contribution < 1.29 is 40.2 Å². The first-order chi connectivity index (χ1) is 9.84. The summed E-state index contributed by atoms with van der Waals surface area (Å²) < 4.78 is 0. The van der Waals surface area contributed by atoms with Crippen LogP contribution >= 0.6 is 32.4 Å². The summed E-state index contributed by atoms with van der Waals surface area (Å²) in [4.78, 5) is 21.3. The molecule has 0 bridgehead atoms. The van der Waals surface area contributed by atoms with Crippen molar-refractivity contribution >= 4 is 49.7 Å². The molecule has 2 rings (SSSR count). The Morgan fingerprint density at radius 2 is 1.45 bits per heavy atom. The Morgan fingerprint density at radius 1 is 0.909 bits per heavy atom. The molecule has 0 saturated carbocycles. The molecule has 0 saturated heterocycles. The standard InChI is InChI=1S/C8H4Cl2O4.C6H7P.Pd/c9-4-2-1-3(7(11)12)5(6(4)10)8(13)14;7-6-4-2-1-3-5-6;/h1-2H,(H,11,12)(H,13,14);1-5H,7H2;.